The first-order valence-electron chi connectivity index (χ1n) is 6.20. The minimum atomic E-state index is -0.531. The van der Waals surface area contributed by atoms with Gasteiger partial charge in [0.2, 0.25) is 5.91 Å². The molecule has 0 unspecified atom stereocenters. The molecule has 1 aliphatic heterocycles. The number of amides is 1. The Morgan fingerprint density at radius 1 is 1.29 bits per heavy atom. The van der Waals surface area contributed by atoms with Crippen LogP contribution in [0.25, 0.3) is 0 Å². The molecule has 0 bridgehead atoms. The molecule has 1 heterocycles. The number of hydrogen-bond acceptors (Lipinski definition) is 4. The molecule has 110 valence electrons. The number of nitrogens with one attached hydrogen (secondary N) is 2. The van der Waals surface area contributed by atoms with Gasteiger partial charge in [0, 0.05) is 5.70 Å². The number of nitrogens with two attached hydrogens (primary N) is 1. The number of esters is 1. The van der Waals surface area contributed by atoms with Crippen LogP contribution in [-0.2, 0) is 9.53 Å². The third-order valence-corrected chi connectivity index (χ3v) is 3.42. The summed E-state index contributed by atoms with van der Waals surface area (Å²) in [6.45, 7) is 1.74. The van der Waals surface area contributed by atoms with Crippen LogP contribution in [0.4, 0.5) is 0 Å². The lowest BCUT2D eigenvalue weighted by Crippen LogP contribution is -2.46. The van der Waals surface area contributed by atoms with Crippen LogP contribution in [0, 0.1) is 0 Å². The quantitative estimate of drug-likeness (QED) is 0.564. The van der Waals surface area contributed by atoms with E-state index in [1.165, 1.54) is 7.11 Å². The van der Waals surface area contributed by atoms with Crippen molar-refractivity contribution in [1.82, 2.24) is 10.6 Å². The van der Waals surface area contributed by atoms with Crippen molar-refractivity contribution < 1.29 is 14.3 Å². The van der Waals surface area contributed by atoms with Gasteiger partial charge in [-0.05, 0) is 36.8 Å². The number of benzene rings is 1. The van der Waals surface area contributed by atoms with Crippen molar-refractivity contribution in [2.75, 3.05) is 7.11 Å². The van der Waals surface area contributed by atoms with Crippen LogP contribution in [0.1, 0.15) is 28.9 Å². The van der Waals surface area contributed by atoms with Crippen molar-refractivity contribution in [2.45, 2.75) is 13.0 Å². The summed E-state index contributed by atoms with van der Waals surface area (Å²) in [6.07, 6.45) is 0. The van der Waals surface area contributed by atoms with Gasteiger partial charge < -0.3 is 21.1 Å². The van der Waals surface area contributed by atoms with Crippen LogP contribution in [0.15, 0.2) is 35.5 Å². The summed E-state index contributed by atoms with van der Waals surface area (Å²) >= 11 is 5.10. The number of methoxy groups -OCH3 is 1. The molecule has 2 rings (SSSR count). The Hall–Kier alpha value is -2.41. The van der Waals surface area contributed by atoms with Gasteiger partial charge in [0.1, 0.15) is 0 Å². The molecule has 0 saturated heterocycles. The first kappa shape index (κ1) is 15.0. The Morgan fingerprint density at radius 3 is 2.43 bits per heavy atom. The summed E-state index contributed by atoms with van der Waals surface area (Å²) in [7, 11) is 1.32. The predicted molar refractivity (Wildman–Crippen MR) is 81.3 cm³/mol. The van der Waals surface area contributed by atoms with E-state index < -0.39 is 17.9 Å². The smallest absolute Gasteiger partial charge is 0.337 e. The first-order valence-corrected chi connectivity index (χ1v) is 6.61. The van der Waals surface area contributed by atoms with Crippen LogP contribution in [-0.4, -0.2) is 24.1 Å². The molecule has 6 nitrogen and oxygen atoms in total. The third-order valence-electron chi connectivity index (χ3n) is 3.20. The van der Waals surface area contributed by atoms with Crippen LogP contribution in [0.2, 0.25) is 0 Å². The molecule has 1 atom stereocenters. The third kappa shape index (κ3) is 3.03. The second kappa shape index (κ2) is 5.92. The van der Waals surface area contributed by atoms with E-state index in [1.54, 1.807) is 31.2 Å². The molecule has 0 radical (unpaired) electrons. The molecule has 1 amide bonds. The van der Waals surface area contributed by atoms with E-state index in [2.05, 4.69) is 15.4 Å². The molecule has 0 spiro atoms. The maximum atomic E-state index is 11.6. The Balaban J connectivity index is 2.39. The Morgan fingerprint density at radius 2 is 1.90 bits per heavy atom. The summed E-state index contributed by atoms with van der Waals surface area (Å²) in [5.74, 6) is -0.950. The molecular weight excluding hydrogens is 290 g/mol. The van der Waals surface area contributed by atoms with Crippen molar-refractivity contribution in [1.29, 1.82) is 0 Å². The van der Waals surface area contributed by atoms with Gasteiger partial charge in [-0.25, -0.2) is 4.79 Å². The Bertz CT molecular complexity index is 637. The monoisotopic (exact) mass is 305 g/mol. The summed E-state index contributed by atoms with van der Waals surface area (Å²) in [5, 5.41) is 6.29. The second-order valence-corrected chi connectivity index (χ2v) is 4.96. The van der Waals surface area contributed by atoms with Gasteiger partial charge in [-0.15, -0.1) is 0 Å². The minimum absolute atomic E-state index is 0.411. The zero-order valence-electron chi connectivity index (χ0n) is 11.6. The van der Waals surface area contributed by atoms with Crippen molar-refractivity contribution in [3.8, 4) is 0 Å². The maximum Gasteiger partial charge on any atom is 0.337 e. The highest BCUT2D eigenvalue weighted by Gasteiger charge is 2.28. The molecule has 4 N–H and O–H groups in total. The number of rotatable bonds is 3. The van der Waals surface area contributed by atoms with E-state index in [4.69, 9.17) is 18.0 Å². The second-order valence-electron chi connectivity index (χ2n) is 4.55. The Labute approximate surface area is 127 Å². The standard InChI is InChI=1S/C14H15N3O3S/c1-7-10(12(15)18)11(17-14(21)16-7)8-3-5-9(6-4-8)13(19)20-2/h3-6,11H,1-2H3,(H2,15,18)(H2,16,17,21)/t11-/m0/s1. The van der Waals surface area contributed by atoms with Gasteiger partial charge in [0.15, 0.2) is 5.11 Å². The van der Waals surface area contributed by atoms with Gasteiger partial charge in [-0.2, -0.15) is 0 Å². The minimum Gasteiger partial charge on any atom is -0.465 e. The summed E-state index contributed by atoms with van der Waals surface area (Å²) < 4.78 is 4.65. The number of ether oxygens (including phenoxy) is 1. The molecule has 1 aliphatic rings. The van der Waals surface area contributed by atoms with Crippen molar-refractivity contribution in [3.63, 3.8) is 0 Å². The van der Waals surface area contributed by atoms with E-state index >= 15 is 0 Å². The van der Waals surface area contributed by atoms with Crippen molar-refractivity contribution in [2.24, 2.45) is 5.73 Å². The molecule has 0 aromatic heterocycles. The Kier molecular flexibility index (Phi) is 4.23. The molecule has 0 saturated carbocycles. The maximum absolute atomic E-state index is 11.6. The van der Waals surface area contributed by atoms with Gasteiger partial charge in [0.05, 0.1) is 24.3 Å². The molecule has 1 aromatic rings. The number of primary amides is 1. The summed E-state index contributed by atoms with van der Waals surface area (Å²) in [4.78, 5) is 23.1. The fourth-order valence-electron chi connectivity index (χ4n) is 2.20. The fourth-order valence-corrected chi connectivity index (χ4v) is 2.47. The van der Waals surface area contributed by atoms with Crippen molar-refractivity contribution in [3.05, 3.63) is 46.7 Å². The largest absolute Gasteiger partial charge is 0.465 e. The van der Waals surface area contributed by atoms with Gasteiger partial charge in [0.25, 0.3) is 0 Å². The van der Waals surface area contributed by atoms with E-state index in [0.29, 0.717) is 21.9 Å². The zero-order chi connectivity index (χ0) is 15.6. The van der Waals surface area contributed by atoms with Gasteiger partial charge in [-0.1, -0.05) is 12.1 Å². The topological polar surface area (TPSA) is 93.4 Å². The molecule has 21 heavy (non-hydrogen) atoms. The average Bonchev–Trinajstić information content (AvgIpc) is 2.45. The van der Waals surface area contributed by atoms with Crippen LogP contribution < -0.4 is 16.4 Å². The highest BCUT2D eigenvalue weighted by molar-refractivity contribution is 7.80. The molecule has 0 aliphatic carbocycles. The van der Waals surface area contributed by atoms with Crippen LogP contribution in [0.3, 0.4) is 0 Å². The molecule has 7 heteroatoms. The highest BCUT2D eigenvalue weighted by atomic mass is 32.1. The number of thiocarbonyl (C=S) groups is 1. The highest BCUT2D eigenvalue weighted by Crippen LogP contribution is 2.26. The number of allylic oxidation sites excluding steroid dienone is 1. The van der Waals surface area contributed by atoms with Gasteiger partial charge in [-0.3, -0.25) is 4.79 Å². The van der Waals surface area contributed by atoms with E-state index in [0.717, 1.165) is 5.56 Å². The fraction of sp³-hybridized carbons (Fsp3) is 0.214. The molecule has 0 fully saturated rings. The van der Waals surface area contributed by atoms with Crippen molar-refractivity contribution >= 4 is 29.2 Å². The van der Waals surface area contributed by atoms with E-state index in [9.17, 15) is 9.59 Å². The normalized spacial score (nSPS) is 17.8. The summed E-state index contributed by atoms with van der Waals surface area (Å²) in [6, 6.07) is 6.27. The molecular formula is C14H15N3O3S. The predicted octanol–water partition coefficient (Wildman–Crippen LogP) is 0.751. The lowest BCUT2D eigenvalue weighted by molar-refractivity contribution is -0.115. The van der Waals surface area contributed by atoms with Gasteiger partial charge >= 0.3 is 5.97 Å². The zero-order valence-corrected chi connectivity index (χ0v) is 12.4. The SMILES string of the molecule is COC(=O)c1ccc([C@@H]2NC(=S)NC(C)=C2C(N)=O)cc1. The number of carbonyl (C=O) groups excluding carboxylic acids is 2. The molecule has 1 aromatic carbocycles. The summed E-state index contributed by atoms with van der Waals surface area (Å²) in [5.41, 5.74) is 7.67. The number of hydrogen-bond donors (Lipinski definition) is 3. The lowest BCUT2D eigenvalue weighted by atomic mass is 9.94. The van der Waals surface area contributed by atoms with E-state index in [-0.39, 0.29) is 0 Å². The first-order chi connectivity index (χ1) is 9.93. The average molecular weight is 305 g/mol. The van der Waals surface area contributed by atoms with Crippen LogP contribution >= 0.6 is 12.2 Å². The van der Waals surface area contributed by atoms with E-state index in [1.807, 2.05) is 0 Å². The number of carbonyl (C=O) groups is 2. The lowest BCUT2D eigenvalue weighted by Gasteiger charge is -2.29. The van der Waals surface area contributed by atoms with Crippen LogP contribution in [0.5, 0.6) is 0 Å².